The topological polar surface area (TPSA) is 70.2 Å². The molecule has 0 spiro atoms. The lowest BCUT2D eigenvalue weighted by Gasteiger charge is -2.20. The fourth-order valence-corrected chi connectivity index (χ4v) is 4.17. The molecule has 2 N–H and O–H groups in total. The average molecular weight is 444 g/mol. The molecule has 0 atom stereocenters. The maximum atomic E-state index is 11.7. The third-order valence-corrected chi connectivity index (χ3v) is 5.74. The summed E-state index contributed by atoms with van der Waals surface area (Å²) in [6.07, 6.45) is 10.2. The largest absolute Gasteiger partial charge is 0.376 e. The summed E-state index contributed by atoms with van der Waals surface area (Å²) >= 11 is 1.59. The lowest BCUT2D eigenvalue weighted by atomic mass is 10.0. The van der Waals surface area contributed by atoms with Gasteiger partial charge in [0.2, 0.25) is 5.91 Å². The molecule has 0 unspecified atom stereocenters. The Labute approximate surface area is 192 Å². The van der Waals surface area contributed by atoms with Gasteiger partial charge in [0.25, 0.3) is 0 Å². The van der Waals surface area contributed by atoms with Crippen LogP contribution in [0.5, 0.6) is 0 Å². The van der Waals surface area contributed by atoms with Crippen LogP contribution in [0.15, 0.2) is 79.2 Å². The van der Waals surface area contributed by atoms with Crippen LogP contribution in [0.4, 0.5) is 16.6 Å². The summed E-state index contributed by atoms with van der Waals surface area (Å²) in [5, 5.41) is 6.97. The first-order chi connectivity index (χ1) is 15.5. The van der Waals surface area contributed by atoms with Crippen molar-refractivity contribution in [1.29, 1.82) is 0 Å². The number of nitrogens with one attached hydrogen (secondary N) is 2. The number of aromatic nitrogens is 2. The molecule has 7 heteroatoms. The lowest BCUT2D eigenvalue weighted by Crippen LogP contribution is -2.17. The van der Waals surface area contributed by atoms with Crippen LogP contribution in [0.3, 0.4) is 0 Å². The number of hydrogen-bond acceptors (Lipinski definition) is 6. The molecule has 4 rings (SSSR count). The Morgan fingerprint density at radius 2 is 2.19 bits per heavy atom. The van der Waals surface area contributed by atoms with E-state index >= 15 is 0 Å². The predicted molar refractivity (Wildman–Crippen MR) is 132 cm³/mol. The van der Waals surface area contributed by atoms with E-state index in [0.717, 1.165) is 45.6 Å². The molecule has 32 heavy (non-hydrogen) atoms. The number of carbonyl (C=O) groups excluding carboxylic acids is 1. The monoisotopic (exact) mass is 443 g/mol. The molecular weight excluding hydrogens is 418 g/mol. The maximum absolute atomic E-state index is 11.7. The van der Waals surface area contributed by atoms with E-state index < -0.39 is 0 Å². The van der Waals surface area contributed by atoms with Gasteiger partial charge in [-0.25, -0.2) is 9.97 Å². The number of aryl methyl sites for hydroxylation is 1. The highest BCUT2D eigenvalue weighted by molar-refractivity contribution is 7.15. The Morgan fingerprint density at radius 3 is 2.94 bits per heavy atom. The molecule has 0 saturated heterocycles. The molecule has 0 aliphatic carbocycles. The SMILES string of the molecule is C=CC(=O)Nc1cccc(-c2cc(CC3=CC=CN(C)C3)cc(Nc3ncc(C)s3)n2)c1. The Hall–Kier alpha value is -3.71. The van der Waals surface area contributed by atoms with Crippen LogP contribution in [-0.4, -0.2) is 34.4 Å². The van der Waals surface area contributed by atoms with Gasteiger partial charge in [-0.05, 0) is 67.1 Å². The minimum Gasteiger partial charge on any atom is -0.376 e. The minimum atomic E-state index is -0.244. The molecule has 1 aromatic carbocycles. The molecule has 6 nitrogen and oxygen atoms in total. The molecule has 2 aromatic heterocycles. The standard InChI is InChI=1S/C25H25N5OS/c1-4-24(31)27-21-9-5-8-20(14-21)22-12-19(11-18-7-6-10-30(3)16-18)13-23(28-22)29-25-26-15-17(2)32-25/h4-10,12-15H,1,11,16H2,2-3H3,(H,27,31)(H,26,28,29). The highest BCUT2D eigenvalue weighted by atomic mass is 32.1. The van der Waals surface area contributed by atoms with E-state index in [2.05, 4.69) is 64.6 Å². The summed E-state index contributed by atoms with van der Waals surface area (Å²) in [7, 11) is 2.07. The van der Waals surface area contributed by atoms with E-state index in [4.69, 9.17) is 4.98 Å². The molecule has 0 bridgehead atoms. The molecule has 162 valence electrons. The fourth-order valence-electron chi connectivity index (χ4n) is 3.50. The smallest absolute Gasteiger partial charge is 0.247 e. The van der Waals surface area contributed by atoms with Crippen LogP contribution in [0.1, 0.15) is 10.4 Å². The summed E-state index contributed by atoms with van der Waals surface area (Å²) in [6, 6.07) is 11.8. The molecule has 1 aliphatic rings. The van der Waals surface area contributed by atoms with Crippen LogP contribution in [-0.2, 0) is 11.2 Å². The first-order valence-corrected chi connectivity index (χ1v) is 11.1. The van der Waals surface area contributed by atoms with Gasteiger partial charge < -0.3 is 15.5 Å². The van der Waals surface area contributed by atoms with Crippen LogP contribution in [0.2, 0.25) is 0 Å². The van der Waals surface area contributed by atoms with Gasteiger partial charge in [-0.1, -0.05) is 24.8 Å². The number of amides is 1. The second kappa shape index (κ2) is 9.62. The maximum Gasteiger partial charge on any atom is 0.247 e. The van der Waals surface area contributed by atoms with E-state index in [1.165, 1.54) is 11.6 Å². The third kappa shape index (κ3) is 5.50. The fraction of sp³-hybridized carbons (Fsp3) is 0.160. The van der Waals surface area contributed by atoms with Crippen LogP contribution in [0.25, 0.3) is 11.3 Å². The molecule has 1 amide bonds. The summed E-state index contributed by atoms with van der Waals surface area (Å²) in [5.74, 6) is 0.499. The second-order valence-electron chi connectivity index (χ2n) is 7.68. The van der Waals surface area contributed by atoms with E-state index in [9.17, 15) is 4.79 Å². The van der Waals surface area contributed by atoms with Gasteiger partial charge in [0.05, 0.1) is 5.69 Å². The van der Waals surface area contributed by atoms with Crippen molar-refractivity contribution < 1.29 is 4.79 Å². The number of allylic oxidation sites excluding steroid dienone is 2. The quantitative estimate of drug-likeness (QED) is 0.484. The highest BCUT2D eigenvalue weighted by Gasteiger charge is 2.11. The van der Waals surface area contributed by atoms with Crippen molar-refractivity contribution in [2.75, 3.05) is 24.2 Å². The van der Waals surface area contributed by atoms with Crippen molar-refractivity contribution in [2.45, 2.75) is 13.3 Å². The Kier molecular flexibility index (Phi) is 6.47. The number of likely N-dealkylation sites (N-methyl/N-ethyl adjacent to an activating group) is 1. The van der Waals surface area contributed by atoms with E-state index in [0.29, 0.717) is 5.69 Å². The number of nitrogens with zero attached hydrogens (tertiary/aromatic N) is 3. The van der Waals surface area contributed by atoms with Crippen LogP contribution < -0.4 is 10.6 Å². The van der Waals surface area contributed by atoms with Crippen molar-refractivity contribution in [3.63, 3.8) is 0 Å². The lowest BCUT2D eigenvalue weighted by molar-refractivity contribution is -0.111. The van der Waals surface area contributed by atoms with Crippen molar-refractivity contribution in [3.05, 3.63) is 89.6 Å². The molecule has 1 aliphatic heterocycles. The Bertz CT molecular complexity index is 1210. The van der Waals surface area contributed by atoms with Gasteiger partial charge in [-0.15, -0.1) is 11.3 Å². The molecule has 0 radical (unpaired) electrons. The molecule has 3 aromatic rings. The summed E-state index contributed by atoms with van der Waals surface area (Å²) < 4.78 is 0. The normalized spacial score (nSPS) is 12.9. The molecule has 0 fully saturated rings. The summed E-state index contributed by atoms with van der Waals surface area (Å²) in [4.78, 5) is 24.3. The number of pyridine rings is 1. The van der Waals surface area contributed by atoms with Gasteiger partial charge >= 0.3 is 0 Å². The third-order valence-electron chi connectivity index (χ3n) is 4.91. The second-order valence-corrected chi connectivity index (χ2v) is 8.91. The number of carbonyl (C=O) groups is 1. The van der Waals surface area contributed by atoms with Gasteiger partial charge in [0.15, 0.2) is 5.13 Å². The first kappa shape index (κ1) is 21.5. The average Bonchev–Trinajstić information content (AvgIpc) is 3.18. The van der Waals surface area contributed by atoms with E-state index in [1.807, 2.05) is 37.4 Å². The zero-order chi connectivity index (χ0) is 22.5. The number of rotatable bonds is 7. The predicted octanol–water partition coefficient (Wildman–Crippen LogP) is 5.31. The zero-order valence-corrected chi connectivity index (χ0v) is 18.9. The van der Waals surface area contributed by atoms with E-state index in [-0.39, 0.29) is 5.91 Å². The van der Waals surface area contributed by atoms with Crippen LogP contribution in [0, 0.1) is 6.92 Å². The number of hydrogen-bond donors (Lipinski definition) is 2. The van der Waals surface area contributed by atoms with E-state index in [1.54, 1.807) is 11.3 Å². The summed E-state index contributed by atoms with van der Waals surface area (Å²) in [6.45, 7) is 6.43. The highest BCUT2D eigenvalue weighted by Crippen LogP contribution is 2.28. The molecule has 3 heterocycles. The summed E-state index contributed by atoms with van der Waals surface area (Å²) in [5.41, 5.74) is 4.93. The molecule has 0 saturated carbocycles. The Morgan fingerprint density at radius 1 is 1.31 bits per heavy atom. The number of thiazole rings is 1. The minimum absolute atomic E-state index is 0.244. The van der Waals surface area contributed by atoms with Crippen LogP contribution >= 0.6 is 11.3 Å². The van der Waals surface area contributed by atoms with Gasteiger partial charge in [-0.3, -0.25) is 4.79 Å². The number of anilines is 3. The van der Waals surface area contributed by atoms with Gasteiger partial charge in [-0.2, -0.15) is 0 Å². The number of benzene rings is 1. The zero-order valence-electron chi connectivity index (χ0n) is 18.1. The first-order valence-electron chi connectivity index (χ1n) is 10.3. The van der Waals surface area contributed by atoms with Crippen molar-refractivity contribution in [1.82, 2.24) is 14.9 Å². The molecular formula is C25H25N5OS. The Balaban J connectivity index is 1.69. The van der Waals surface area contributed by atoms with Crippen molar-refractivity contribution in [2.24, 2.45) is 0 Å². The van der Waals surface area contributed by atoms with Gasteiger partial charge in [0, 0.05) is 35.9 Å². The van der Waals surface area contributed by atoms with Crippen molar-refractivity contribution in [3.8, 4) is 11.3 Å². The van der Waals surface area contributed by atoms with Gasteiger partial charge in [0.1, 0.15) is 5.82 Å². The van der Waals surface area contributed by atoms with Crippen molar-refractivity contribution >= 4 is 33.9 Å².